The molecule has 0 aliphatic rings. The van der Waals surface area contributed by atoms with E-state index in [-0.39, 0.29) is 5.50 Å². The second-order valence-electron chi connectivity index (χ2n) is 5.94. The minimum atomic E-state index is -0.0129. The van der Waals surface area contributed by atoms with Crippen molar-refractivity contribution in [1.82, 2.24) is 15.2 Å². The molecule has 6 heteroatoms. The van der Waals surface area contributed by atoms with Gasteiger partial charge in [0.2, 0.25) is 0 Å². The minimum absolute atomic E-state index is 0.0129. The molecule has 1 N–H and O–H groups in total. The smallest absolute Gasteiger partial charge is 0.147 e. The van der Waals surface area contributed by atoms with Gasteiger partial charge in [0.05, 0.1) is 0 Å². The van der Waals surface area contributed by atoms with Gasteiger partial charge < -0.3 is 15.0 Å². The quantitative estimate of drug-likeness (QED) is 0.214. The number of aromatic nitrogens is 1. The van der Waals surface area contributed by atoms with Gasteiger partial charge in [-0.25, -0.2) is 0 Å². The SMILES string of the molecule is C=C/C=C(\C=C/CSCC)NC(SC)N(C)/C(=C/CC=O)c1ccnc(C)c1. The van der Waals surface area contributed by atoms with Crippen LogP contribution in [-0.2, 0) is 4.79 Å². The third-order valence-corrected chi connectivity index (χ3v) is 5.58. The maximum Gasteiger partial charge on any atom is 0.147 e. The Hall–Kier alpha value is -1.92. The summed E-state index contributed by atoms with van der Waals surface area (Å²) in [5.74, 6) is 2.08. The molecule has 0 spiro atoms. The number of rotatable bonds is 13. The first kappa shape index (κ1) is 24.1. The summed E-state index contributed by atoms with van der Waals surface area (Å²) in [6, 6.07) is 4.01. The first-order chi connectivity index (χ1) is 13.6. The number of aryl methyl sites for hydroxylation is 1. The van der Waals surface area contributed by atoms with Crippen molar-refractivity contribution in [1.29, 1.82) is 0 Å². The zero-order valence-electron chi connectivity index (χ0n) is 17.2. The zero-order valence-corrected chi connectivity index (χ0v) is 18.9. The van der Waals surface area contributed by atoms with Gasteiger partial charge in [0.1, 0.15) is 11.8 Å². The number of carbonyl (C=O) groups excluding carboxylic acids is 1. The first-order valence-electron chi connectivity index (χ1n) is 9.23. The number of nitrogens with one attached hydrogen (secondary N) is 1. The molecule has 0 saturated heterocycles. The van der Waals surface area contributed by atoms with Gasteiger partial charge in [0.25, 0.3) is 0 Å². The molecule has 1 heterocycles. The van der Waals surface area contributed by atoms with Gasteiger partial charge in [0, 0.05) is 48.1 Å². The second kappa shape index (κ2) is 14.1. The maximum atomic E-state index is 11.0. The normalized spacial score (nSPS) is 13.4. The molecule has 152 valence electrons. The number of carbonyl (C=O) groups is 1. The summed E-state index contributed by atoms with van der Waals surface area (Å²) in [6.07, 6.45) is 15.1. The number of hydrogen-bond acceptors (Lipinski definition) is 6. The van der Waals surface area contributed by atoms with Gasteiger partial charge in [-0.05, 0) is 43.2 Å². The highest BCUT2D eigenvalue weighted by Crippen LogP contribution is 2.24. The Balaban J connectivity index is 3.07. The van der Waals surface area contributed by atoms with E-state index in [1.807, 2.05) is 50.0 Å². The Kier molecular flexibility index (Phi) is 12.2. The Morgan fingerprint density at radius 1 is 1.46 bits per heavy atom. The maximum absolute atomic E-state index is 11.0. The molecule has 1 aromatic rings. The van der Waals surface area contributed by atoms with Gasteiger partial charge in [-0.15, -0.1) is 11.8 Å². The highest BCUT2D eigenvalue weighted by atomic mass is 32.2. The van der Waals surface area contributed by atoms with Crippen molar-refractivity contribution in [2.45, 2.75) is 25.8 Å². The van der Waals surface area contributed by atoms with Gasteiger partial charge in [-0.1, -0.05) is 31.7 Å². The summed E-state index contributed by atoms with van der Waals surface area (Å²) >= 11 is 3.57. The summed E-state index contributed by atoms with van der Waals surface area (Å²) in [6.45, 7) is 7.95. The van der Waals surface area contributed by atoms with E-state index in [0.29, 0.717) is 6.42 Å². The van der Waals surface area contributed by atoms with Gasteiger partial charge in [0.15, 0.2) is 0 Å². The van der Waals surface area contributed by atoms with E-state index in [1.54, 1.807) is 24.0 Å². The van der Waals surface area contributed by atoms with Crippen LogP contribution in [0, 0.1) is 6.92 Å². The number of hydrogen-bond donors (Lipinski definition) is 1. The van der Waals surface area contributed by atoms with Crippen LogP contribution in [0.3, 0.4) is 0 Å². The van der Waals surface area contributed by atoms with Crippen molar-refractivity contribution in [3.8, 4) is 0 Å². The van der Waals surface area contributed by atoms with Crippen molar-refractivity contribution in [2.75, 3.05) is 24.8 Å². The molecule has 1 aromatic heterocycles. The largest absolute Gasteiger partial charge is 0.357 e. The van der Waals surface area contributed by atoms with E-state index < -0.39 is 0 Å². The van der Waals surface area contributed by atoms with Crippen molar-refractivity contribution in [3.05, 3.63) is 72.2 Å². The third-order valence-electron chi connectivity index (χ3n) is 3.86. The average molecular weight is 418 g/mol. The molecular weight excluding hydrogens is 386 g/mol. The van der Waals surface area contributed by atoms with Crippen molar-refractivity contribution >= 4 is 35.5 Å². The minimum Gasteiger partial charge on any atom is -0.357 e. The molecular formula is C22H31N3OS2. The third kappa shape index (κ3) is 8.40. The lowest BCUT2D eigenvalue weighted by Gasteiger charge is -2.32. The first-order valence-corrected chi connectivity index (χ1v) is 11.7. The summed E-state index contributed by atoms with van der Waals surface area (Å²) in [5, 5.41) is 3.56. The molecule has 0 saturated carbocycles. The van der Waals surface area contributed by atoms with E-state index in [1.165, 1.54) is 0 Å². The molecule has 0 aliphatic carbocycles. The molecule has 1 atom stereocenters. The van der Waals surface area contributed by atoms with Crippen LogP contribution in [0.2, 0.25) is 0 Å². The molecule has 0 amide bonds. The standard InChI is InChI=1S/C22H31N3OS2/c1-6-10-20(11-9-16-28-7-2)24-22(27-5)25(4)21(12-8-15-26)19-13-14-23-18(3)17-19/h6,9-15,17,22,24H,1,7-8,16H2,2-5H3/b11-9-,20-10+,21-12+. The van der Waals surface area contributed by atoms with Crippen LogP contribution >= 0.6 is 23.5 Å². The van der Waals surface area contributed by atoms with Crippen LogP contribution in [0.1, 0.15) is 24.6 Å². The number of allylic oxidation sites excluding steroid dienone is 4. The Bertz CT molecular complexity index is 713. The van der Waals surface area contributed by atoms with Gasteiger partial charge in [-0.2, -0.15) is 11.8 Å². The average Bonchev–Trinajstić information content (AvgIpc) is 2.69. The van der Waals surface area contributed by atoms with Crippen LogP contribution in [0.5, 0.6) is 0 Å². The number of nitrogens with zero attached hydrogens (tertiary/aromatic N) is 2. The fraction of sp³-hybridized carbons (Fsp3) is 0.364. The van der Waals surface area contributed by atoms with Crippen molar-refractivity contribution in [2.24, 2.45) is 0 Å². The van der Waals surface area contributed by atoms with Crippen LogP contribution in [0.15, 0.2) is 61.0 Å². The molecule has 0 bridgehead atoms. The van der Waals surface area contributed by atoms with Gasteiger partial charge in [-0.3, -0.25) is 4.98 Å². The highest BCUT2D eigenvalue weighted by Gasteiger charge is 2.17. The van der Waals surface area contributed by atoms with E-state index in [4.69, 9.17) is 0 Å². The fourth-order valence-corrected chi connectivity index (χ4v) is 3.70. The fourth-order valence-electron chi connectivity index (χ4n) is 2.55. The Morgan fingerprint density at radius 2 is 2.25 bits per heavy atom. The number of pyridine rings is 1. The lowest BCUT2D eigenvalue weighted by Crippen LogP contribution is -2.39. The Morgan fingerprint density at radius 3 is 2.86 bits per heavy atom. The predicted molar refractivity (Wildman–Crippen MR) is 126 cm³/mol. The van der Waals surface area contributed by atoms with Crippen LogP contribution < -0.4 is 5.32 Å². The number of aldehydes is 1. The predicted octanol–water partition coefficient (Wildman–Crippen LogP) is 4.87. The summed E-state index contributed by atoms with van der Waals surface area (Å²) in [7, 11) is 2.03. The molecule has 1 rings (SSSR count). The topological polar surface area (TPSA) is 45.2 Å². The summed E-state index contributed by atoms with van der Waals surface area (Å²) < 4.78 is 0. The summed E-state index contributed by atoms with van der Waals surface area (Å²) in [4.78, 5) is 17.4. The lowest BCUT2D eigenvalue weighted by molar-refractivity contribution is -0.107. The zero-order chi connectivity index (χ0) is 20.8. The monoisotopic (exact) mass is 417 g/mol. The molecule has 0 aliphatic heterocycles. The molecule has 1 unspecified atom stereocenters. The lowest BCUT2D eigenvalue weighted by atomic mass is 10.1. The molecule has 28 heavy (non-hydrogen) atoms. The molecule has 4 nitrogen and oxygen atoms in total. The summed E-state index contributed by atoms with van der Waals surface area (Å²) in [5.41, 5.74) is 3.97. The van der Waals surface area contributed by atoms with Gasteiger partial charge >= 0.3 is 0 Å². The van der Waals surface area contributed by atoms with Crippen LogP contribution in [-0.4, -0.2) is 46.5 Å². The molecule has 0 fully saturated rings. The highest BCUT2D eigenvalue weighted by molar-refractivity contribution is 7.99. The van der Waals surface area contributed by atoms with Crippen LogP contribution in [0.25, 0.3) is 5.70 Å². The molecule has 0 radical (unpaired) electrons. The van der Waals surface area contributed by atoms with Crippen molar-refractivity contribution in [3.63, 3.8) is 0 Å². The second-order valence-corrected chi connectivity index (χ2v) is 8.18. The number of thioether (sulfide) groups is 2. The van der Waals surface area contributed by atoms with Crippen LogP contribution in [0.4, 0.5) is 0 Å². The van der Waals surface area contributed by atoms with E-state index in [9.17, 15) is 4.79 Å². The van der Waals surface area contributed by atoms with E-state index in [2.05, 4.69) is 47.1 Å². The van der Waals surface area contributed by atoms with E-state index in [0.717, 1.165) is 40.4 Å². The molecule has 0 aromatic carbocycles. The Labute approximate surface area is 178 Å². The van der Waals surface area contributed by atoms with Crippen molar-refractivity contribution < 1.29 is 4.79 Å². The van der Waals surface area contributed by atoms with E-state index >= 15 is 0 Å².